The molecule has 0 aliphatic heterocycles. The Morgan fingerprint density at radius 3 is 2.88 bits per heavy atom. The second-order valence-corrected chi connectivity index (χ2v) is 4.96. The number of rotatable bonds is 7. The van der Waals surface area contributed by atoms with Gasteiger partial charge in [-0.25, -0.2) is 4.98 Å². The van der Waals surface area contributed by atoms with Crippen molar-refractivity contribution in [3.8, 4) is 0 Å². The second-order valence-electron chi connectivity index (χ2n) is 4.08. The van der Waals surface area contributed by atoms with E-state index in [1.165, 1.54) is 4.88 Å². The molecule has 1 rings (SSSR count). The monoisotopic (exact) mass is 255 g/mol. The minimum atomic E-state index is 0.118. The Balaban J connectivity index is 2.23. The average molecular weight is 255 g/mol. The fourth-order valence-electron chi connectivity index (χ4n) is 1.57. The molecule has 0 spiro atoms. The first-order valence-corrected chi connectivity index (χ1v) is 6.93. The fraction of sp³-hybridized carbons (Fsp3) is 0.667. The number of carbonyl (C=O) groups is 1. The quantitative estimate of drug-likeness (QED) is 0.783. The van der Waals surface area contributed by atoms with Gasteiger partial charge in [0.25, 0.3) is 0 Å². The van der Waals surface area contributed by atoms with E-state index in [0.717, 1.165) is 18.7 Å². The standard InChI is InChI=1S/C12H21N3OS/c1-4-6-14-11(16)5-7-13-9(2)12-10(3)15-8-17-12/h8-9,13H,4-7H2,1-3H3,(H,14,16). The normalized spacial score (nSPS) is 12.4. The maximum atomic E-state index is 11.4. The van der Waals surface area contributed by atoms with Crippen LogP contribution in [0.25, 0.3) is 0 Å². The highest BCUT2D eigenvalue weighted by molar-refractivity contribution is 7.09. The molecule has 0 aliphatic carbocycles. The molecule has 0 aliphatic rings. The van der Waals surface area contributed by atoms with E-state index in [1.807, 2.05) is 19.4 Å². The number of amides is 1. The van der Waals surface area contributed by atoms with Gasteiger partial charge < -0.3 is 10.6 Å². The summed E-state index contributed by atoms with van der Waals surface area (Å²) in [6, 6.07) is 0.265. The molecule has 0 bridgehead atoms. The Hall–Kier alpha value is -0.940. The largest absolute Gasteiger partial charge is 0.356 e. The molecule has 2 N–H and O–H groups in total. The molecule has 0 aromatic carbocycles. The Labute approximate surface area is 107 Å². The summed E-state index contributed by atoms with van der Waals surface area (Å²) in [6.45, 7) is 7.63. The van der Waals surface area contributed by atoms with Crippen molar-refractivity contribution in [2.75, 3.05) is 13.1 Å². The third-order valence-electron chi connectivity index (χ3n) is 2.55. The summed E-state index contributed by atoms with van der Waals surface area (Å²) in [5, 5.41) is 6.21. The van der Waals surface area contributed by atoms with Gasteiger partial charge in [-0.1, -0.05) is 6.92 Å². The zero-order chi connectivity index (χ0) is 12.7. The molecule has 4 nitrogen and oxygen atoms in total. The highest BCUT2D eigenvalue weighted by Crippen LogP contribution is 2.20. The smallest absolute Gasteiger partial charge is 0.221 e. The van der Waals surface area contributed by atoms with Gasteiger partial charge in [0.05, 0.1) is 11.2 Å². The average Bonchev–Trinajstić information content (AvgIpc) is 2.72. The number of thiazole rings is 1. The Morgan fingerprint density at radius 1 is 1.53 bits per heavy atom. The Kier molecular flexibility index (Phi) is 6.15. The first-order chi connectivity index (χ1) is 8.15. The van der Waals surface area contributed by atoms with Crippen LogP contribution < -0.4 is 10.6 Å². The minimum absolute atomic E-state index is 0.118. The zero-order valence-electron chi connectivity index (χ0n) is 10.7. The van der Waals surface area contributed by atoms with Crippen molar-refractivity contribution in [1.29, 1.82) is 0 Å². The lowest BCUT2D eigenvalue weighted by Gasteiger charge is -2.12. The number of hydrogen-bond donors (Lipinski definition) is 2. The number of aromatic nitrogens is 1. The van der Waals surface area contributed by atoms with E-state index in [4.69, 9.17) is 0 Å². The van der Waals surface area contributed by atoms with Crippen molar-refractivity contribution in [1.82, 2.24) is 15.6 Å². The van der Waals surface area contributed by atoms with Crippen molar-refractivity contribution in [3.63, 3.8) is 0 Å². The Bertz CT molecular complexity index is 351. The van der Waals surface area contributed by atoms with Crippen LogP contribution in [0, 0.1) is 6.92 Å². The predicted molar refractivity (Wildman–Crippen MR) is 71.2 cm³/mol. The number of nitrogens with one attached hydrogen (secondary N) is 2. The number of carbonyl (C=O) groups excluding carboxylic acids is 1. The van der Waals surface area contributed by atoms with Crippen molar-refractivity contribution in [2.45, 2.75) is 39.7 Å². The summed E-state index contributed by atoms with van der Waals surface area (Å²) in [6.07, 6.45) is 1.51. The lowest BCUT2D eigenvalue weighted by molar-refractivity contribution is -0.121. The van der Waals surface area contributed by atoms with Crippen LogP contribution in [-0.4, -0.2) is 24.0 Å². The molecule has 1 unspecified atom stereocenters. The lowest BCUT2D eigenvalue weighted by atomic mass is 10.2. The van der Waals surface area contributed by atoms with Gasteiger partial charge in [-0.3, -0.25) is 4.79 Å². The third kappa shape index (κ3) is 4.83. The summed E-state index contributed by atoms with van der Waals surface area (Å²) in [4.78, 5) is 16.8. The van der Waals surface area contributed by atoms with Crippen LogP contribution >= 0.6 is 11.3 Å². The van der Waals surface area contributed by atoms with Crippen molar-refractivity contribution in [2.24, 2.45) is 0 Å². The molecule has 17 heavy (non-hydrogen) atoms. The van der Waals surface area contributed by atoms with E-state index in [2.05, 4.69) is 22.5 Å². The molecule has 96 valence electrons. The first-order valence-electron chi connectivity index (χ1n) is 6.05. The molecule has 0 radical (unpaired) electrons. The van der Waals surface area contributed by atoms with Crippen LogP contribution in [0.5, 0.6) is 0 Å². The van der Waals surface area contributed by atoms with Gasteiger partial charge in [0, 0.05) is 30.4 Å². The maximum absolute atomic E-state index is 11.4. The SMILES string of the molecule is CCCNC(=O)CCNC(C)c1scnc1C. The summed E-state index contributed by atoms with van der Waals surface area (Å²) in [7, 11) is 0. The molecule has 0 saturated carbocycles. The van der Waals surface area contributed by atoms with E-state index in [0.29, 0.717) is 13.0 Å². The van der Waals surface area contributed by atoms with E-state index in [1.54, 1.807) is 11.3 Å². The predicted octanol–water partition coefficient (Wildman–Crippen LogP) is 2.02. The minimum Gasteiger partial charge on any atom is -0.356 e. The molecule has 0 fully saturated rings. The van der Waals surface area contributed by atoms with Gasteiger partial charge in [0.1, 0.15) is 0 Å². The molecule has 1 aromatic rings. The molecular formula is C12H21N3OS. The topological polar surface area (TPSA) is 54.0 Å². The molecule has 1 atom stereocenters. The molecule has 1 aromatic heterocycles. The maximum Gasteiger partial charge on any atom is 0.221 e. The van der Waals surface area contributed by atoms with E-state index in [9.17, 15) is 4.79 Å². The van der Waals surface area contributed by atoms with Crippen LogP contribution in [0.15, 0.2) is 5.51 Å². The summed E-state index contributed by atoms with van der Waals surface area (Å²) >= 11 is 1.66. The molecule has 5 heteroatoms. The van der Waals surface area contributed by atoms with E-state index >= 15 is 0 Å². The zero-order valence-corrected chi connectivity index (χ0v) is 11.6. The molecule has 1 amide bonds. The second kappa shape index (κ2) is 7.40. The molecule has 1 heterocycles. The fourth-order valence-corrected chi connectivity index (χ4v) is 2.41. The summed E-state index contributed by atoms with van der Waals surface area (Å²) in [5.74, 6) is 0.118. The van der Waals surface area contributed by atoms with Gasteiger partial charge in [0.2, 0.25) is 5.91 Å². The van der Waals surface area contributed by atoms with Crippen LogP contribution in [0.3, 0.4) is 0 Å². The van der Waals surface area contributed by atoms with E-state index in [-0.39, 0.29) is 11.9 Å². The van der Waals surface area contributed by atoms with Gasteiger partial charge in [-0.05, 0) is 20.3 Å². The highest BCUT2D eigenvalue weighted by Gasteiger charge is 2.10. The third-order valence-corrected chi connectivity index (χ3v) is 3.66. The van der Waals surface area contributed by atoms with Crippen LogP contribution in [0.4, 0.5) is 0 Å². The van der Waals surface area contributed by atoms with E-state index < -0.39 is 0 Å². The van der Waals surface area contributed by atoms with Gasteiger partial charge in [-0.15, -0.1) is 11.3 Å². The summed E-state index contributed by atoms with van der Waals surface area (Å²) < 4.78 is 0. The number of nitrogens with zero attached hydrogens (tertiary/aromatic N) is 1. The van der Waals surface area contributed by atoms with Crippen LogP contribution in [-0.2, 0) is 4.79 Å². The van der Waals surface area contributed by atoms with Crippen molar-refractivity contribution in [3.05, 3.63) is 16.1 Å². The van der Waals surface area contributed by atoms with Gasteiger partial charge in [-0.2, -0.15) is 0 Å². The molecular weight excluding hydrogens is 234 g/mol. The molecule has 0 saturated heterocycles. The highest BCUT2D eigenvalue weighted by atomic mass is 32.1. The number of aryl methyl sites for hydroxylation is 1. The van der Waals surface area contributed by atoms with Gasteiger partial charge >= 0.3 is 0 Å². The lowest BCUT2D eigenvalue weighted by Crippen LogP contribution is -2.29. The van der Waals surface area contributed by atoms with Crippen LogP contribution in [0.1, 0.15) is 43.3 Å². The van der Waals surface area contributed by atoms with Crippen LogP contribution in [0.2, 0.25) is 0 Å². The van der Waals surface area contributed by atoms with Crippen molar-refractivity contribution < 1.29 is 4.79 Å². The Morgan fingerprint density at radius 2 is 2.29 bits per heavy atom. The first kappa shape index (κ1) is 14.1. The van der Waals surface area contributed by atoms with Crippen molar-refractivity contribution >= 4 is 17.2 Å². The number of hydrogen-bond acceptors (Lipinski definition) is 4. The van der Waals surface area contributed by atoms with Gasteiger partial charge in [0.15, 0.2) is 0 Å². The summed E-state index contributed by atoms with van der Waals surface area (Å²) in [5.41, 5.74) is 2.93.